The van der Waals surface area contributed by atoms with E-state index in [1.54, 1.807) is 30.3 Å². The van der Waals surface area contributed by atoms with Crippen molar-refractivity contribution < 1.29 is 63.3 Å². The first-order valence-corrected chi connectivity index (χ1v) is 10.1. The van der Waals surface area contributed by atoms with Gasteiger partial charge in [-0.2, -0.15) is 39.5 Å². The minimum atomic E-state index is -5.08. The van der Waals surface area contributed by atoms with Gasteiger partial charge in [0.15, 0.2) is 5.69 Å². The van der Waals surface area contributed by atoms with Crippen molar-refractivity contribution in [3.63, 3.8) is 0 Å². The molecule has 214 valence electrons. The molecule has 0 amide bonds. The Morgan fingerprint density at radius 2 is 1.59 bits per heavy atom. The summed E-state index contributed by atoms with van der Waals surface area (Å²) in [5.41, 5.74) is 0.766. The Morgan fingerprint density at radius 3 is 2.05 bits per heavy atom. The Bertz CT molecular complexity index is 1280. The number of halogens is 9. The molecule has 2 heterocycles. The van der Waals surface area contributed by atoms with Gasteiger partial charge in [0, 0.05) is 0 Å². The van der Waals surface area contributed by atoms with E-state index in [2.05, 4.69) is 19.9 Å². The number of pyridine rings is 1. The molecular weight excluding hydrogens is 559 g/mol. The fraction of sp³-hybridized carbons (Fsp3) is 0.333. The second-order valence-corrected chi connectivity index (χ2v) is 7.50. The molecule has 0 spiro atoms. The first-order chi connectivity index (χ1) is 17.8. The van der Waals surface area contributed by atoms with Crippen LogP contribution in [0, 0.1) is 0 Å². The number of carboxylic acids is 1. The minimum Gasteiger partial charge on any atom is -0.481 e. The molecule has 3 aromatic rings. The van der Waals surface area contributed by atoms with Crippen LogP contribution >= 0.6 is 0 Å². The summed E-state index contributed by atoms with van der Waals surface area (Å²) < 4.78 is 127. The van der Waals surface area contributed by atoms with E-state index in [9.17, 15) is 39.5 Å². The number of hydrogen-bond acceptors (Lipinski definition) is 8. The predicted molar refractivity (Wildman–Crippen MR) is 112 cm³/mol. The maximum Gasteiger partial charge on any atom is 0.490 e. The molecule has 9 nitrogen and oxygen atoms in total. The maximum atomic E-state index is 13.8. The molecule has 18 heteroatoms. The molecule has 0 fully saturated rings. The van der Waals surface area contributed by atoms with Crippen LogP contribution in [0.1, 0.15) is 23.9 Å². The average Bonchev–Trinajstić information content (AvgIpc) is 3.32. The lowest BCUT2D eigenvalue weighted by Gasteiger charge is -2.28. The summed E-state index contributed by atoms with van der Waals surface area (Å²) in [5.74, 6) is -5.23. The highest BCUT2D eigenvalue weighted by atomic mass is 19.4. The topological polar surface area (TPSA) is 134 Å². The molecule has 0 saturated heterocycles. The van der Waals surface area contributed by atoms with Crippen molar-refractivity contribution in [3.05, 3.63) is 53.4 Å². The van der Waals surface area contributed by atoms with Gasteiger partial charge in [-0.1, -0.05) is 30.3 Å². The summed E-state index contributed by atoms with van der Waals surface area (Å²) in [5, 5.41) is 14.0. The van der Waals surface area contributed by atoms with Gasteiger partial charge in [-0.25, -0.2) is 9.78 Å². The van der Waals surface area contributed by atoms with Crippen molar-refractivity contribution >= 4 is 11.7 Å². The van der Waals surface area contributed by atoms with Crippen molar-refractivity contribution in [2.45, 2.75) is 37.7 Å². The van der Waals surface area contributed by atoms with Crippen LogP contribution in [0.5, 0.6) is 5.88 Å². The predicted octanol–water partition coefficient (Wildman–Crippen LogP) is 5.37. The van der Waals surface area contributed by atoms with Crippen LogP contribution in [0.2, 0.25) is 0 Å². The Balaban J connectivity index is 0.000000673. The molecule has 1 unspecified atom stereocenters. The Labute approximate surface area is 212 Å². The van der Waals surface area contributed by atoms with Crippen molar-refractivity contribution in [1.29, 1.82) is 0 Å². The fourth-order valence-electron chi connectivity index (χ4n) is 2.62. The lowest BCUT2D eigenvalue weighted by molar-refractivity contribution is -0.289. The highest BCUT2D eigenvalue weighted by Gasteiger charge is 2.58. The first kappa shape index (κ1) is 31.1. The normalized spacial score (nSPS) is 13.7. The molecule has 39 heavy (non-hydrogen) atoms. The van der Waals surface area contributed by atoms with E-state index in [1.807, 2.05) is 0 Å². The number of aromatic nitrogens is 3. The van der Waals surface area contributed by atoms with Crippen LogP contribution in [0.25, 0.3) is 11.6 Å². The summed E-state index contributed by atoms with van der Waals surface area (Å²) in [6.45, 7) is 0.264. The lowest BCUT2D eigenvalue weighted by Crippen LogP contribution is -2.42. The number of rotatable bonds is 6. The average molecular weight is 576 g/mol. The third kappa shape index (κ3) is 7.49. The number of carboxylic acid groups (broad SMARTS) is 1. The minimum absolute atomic E-state index is 0.428. The Kier molecular flexibility index (Phi) is 9.05. The molecule has 0 bridgehead atoms. The monoisotopic (exact) mass is 576 g/mol. The van der Waals surface area contributed by atoms with Gasteiger partial charge in [0.25, 0.3) is 11.8 Å². The number of hydrogen-bond donors (Lipinski definition) is 2. The molecule has 0 aliphatic heterocycles. The van der Waals surface area contributed by atoms with E-state index in [1.165, 1.54) is 0 Å². The molecule has 2 aromatic heterocycles. The van der Waals surface area contributed by atoms with Gasteiger partial charge in [0.1, 0.15) is 5.56 Å². The number of carbonyl (C=O) groups is 1. The van der Waals surface area contributed by atoms with Crippen molar-refractivity contribution in [3.8, 4) is 17.5 Å². The van der Waals surface area contributed by atoms with Gasteiger partial charge in [0.05, 0.1) is 19.4 Å². The molecule has 0 aliphatic rings. The number of methoxy groups -OCH3 is 1. The van der Waals surface area contributed by atoms with Crippen LogP contribution in [-0.4, -0.2) is 45.7 Å². The van der Waals surface area contributed by atoms with Gasteiger partial charge in [-0.3, -0.25) is 0 Å². The van der Waals surface area contributed by atoms with E-state index in [0.29, 0.717) is 18.6 Å². The van der Waals surface area contributed by atoms with E-state index in [4.69, 9.17) is 24.8 Å². The van der Waals surface area contributed by atoms with E-state index in [0.717, 1.165) is 7.11 Å². The van der Waals surface area contributed by atoms with Crippen LogP contribution < -0.4 is 10.5 Å². The number of alkyl halides is 9. The zero-order valence-electron chi connectivity index (χ0n) is 19.6. The Morgan fingerprint density at radius 1 is 1.03 bits per heavy atom. The first-order valence-electron chi connectivity index (χ1n) is 10.1. The van der Waals surface area contributed by atoms with Gasteiger partial charge in [0.2, 0.25) is 11.5 Å². The quantitative estimate of drug-likeness (QED) is 0.372. The molecule has 0 radical (unpaired) electrons. The van der Waals surface area contributed by atoms with E-state index < -0.39 is 71.3 Å². The van der Waals surface area contributed by atoms with Crippen molar-refractivity contribution in [2.75, 3.05) is 12.8 Å². The Hall–Kier alpha value is -4.09. The maximum absolute atomic E-state index is 13.8. The lowest BCUT2D eigenvalue weighted by atomic mass is 10.1. The van der Waals surface area contributed by atoms with Gasteiger partial charge >= 0.3 is 24.5 Å². The van der Waals surface area contributed by atoms with Gasteiger partial charge in [-0.05, 0) is 18.6 Å². The molecule has 0 aliphatic carbocycles. The SMILES string of the molecule is COc1nc(-c2nnc(C(C)(OCc3ccccc3)C(F)(F)F)o2)c(N)cc1C(F)(F)F.O=C(O)C(F)(F)F. The van der Waals surface area contributed by atoms with Crippen LogP contribution in [0.4, 0.5) is 45.2 Å². The summed E-state index contributed by atoms with van der Waals surface area (Å²) >= 11 is 0. The van der Waals surface area contributed by atoms with Crippen LogP contribution in [0.3, 0.4) is 0 Å². The number of aliphatic carboxylic acids is 1. The number of nitrogens with two attached hydrogens (primary N) is 1. The van der Waals surface area contributed by atoms with E-state index in [-0.39, 0.29) is 0 Å². The third-order valence-corrected chi connectivity index (χ3v) is 4.71. The van der Waals surface area contributed by atoms with Crippen molar-refractivity contribution in [1.82, 2.24) is 15.2 Å². The summed E-state index contributed by atoms with van der Waals surface area (Å²) in [4.78, 5) is 12.5. The number of anilines is 1. The third-order valence-electron chi connectivity index (χ3n) is 4.71. The smallest absolute Gasteiger partial charge is 0.481 e. The van der Waals surface area contributed by atoms with Crippen LogP contribution in [-0.2, 0) is 27.9 Å². The van der Waals surface area contributed by atoms with Gasteiger partial charge < -0.3 is 24.7 Å². The van der Waals surface area contributed by atoms with E-state index >= 15 is 0 Å². The molecule has 3 N–H and O–H groups in total. The van der Waals surface area contributed by atoms with Gasteiger partial charge in [-0.15, -0.1) is 10.2 Å². The number of ether oxygens (including phenoxy) is 2. The van der Waals surface area contributed by atoms with Crippen molar-refractivity contribution in [2.24, 2.45) is 0 Å². The highest BCUT2D eigenvalue weighted by molar-refractivity contribution is 5.73. The molecular formula is C21H17F9N4O5. The largest absolute Gasteiger partial charge is 0.490 e. The summed E-state index contributed by atoms with van der Waals surface area (Å²) in [6, 6.07) is 8.58. The van der Waals surface area contributed by atoms with Crippen LogP contribution in [0.15, 0.2) is 40.8 Å². The molecule has 3 rings (SSSR count). The molecule has 1 aromatic carbocycles. The molecule has 1 atom stereocenters. The highest BCUT2D eigenvalue weighted by Crippen LogP contribution is 2.43. The second kappa shape index (κ2) is 11.3. The number of nitrogens with zero attached hydrogens (tertiary/aromatic N) is 3. The molecule has 0 saturated carbocycles. The second-order valence-electron chi connectivity index (χ2n) is 7.50. The zero-order valence-corrected chi connectivity index (χ0v) is 19.6. The standard InChI is InChI=1S/C19H16F6N4O3.C2HF3O2/c1-17(19(23,24)25,31-9-10-6-4-3-5-7-10)16-29-28-15(32-16)13-12(26)8-11(18(20,21)22)14(27-13)30-2;3-2(4,5)1(6)7/h3-8H,9,26H2,1-2H3;(H,6,7). The number of nitrogen functional groups attached to an aromatic ring is 1. The number of benzene rings is 1. The summed E-state index contributed by atoms with van der Waals surface area (Å²) in [6.07, 6.45) is -14.9. The fourth-order valence-corrected chi connectivity index (χ4v) is 2.62. The summed E-state index contributed by atoms with van der Waals surface area (Å²) in [7, 11) is 0.939. The zero-order chi connectivity index (χ0) is 29.8.